The molecule has 6 aromatic carbocycles. The van der Waals surface area contributed by atoms with Crippen molar-refractivity contribution in [1.82, 2.24) is 0 Å². The minimum atomic E-state index is -0.637. The second-order valence-corrected chi connectivity index (χ2v) is 10.0. The average Bonchev–Trinajstić information content (AvgIpc) is 2.99. The van der Waals surface area contributed by atoms with Gasteiger partial charge in [-0.25, -0.2) is 0 Å². The van der Waals surface area contributed by atoms with Crippen molar-refractivity contribution in [2.45, 2.75) is 5.41 Å². The summed E-state index contributed by atoms with van der Waals surface area (Å²) in [4.78, 5) is 16.6. The molecular weight excluding hydrogens is 462 g/mol. The molecular formula is C36H23NO. The van der Waals surface area contributed by atoms with E-state index in [0.29, 0.717) is 0 Å². The number of fused-ring (bicyclic) bond motifs is 10. The Morgan fingerprint density at radius 1 is 0.474 bits per heavy atom. The molecule has 0 fully saturated rings. The number of para-hydroxylation sites is 3. The molecule has 2 heteroatoms. The van der Waals surface area contributed by atoms with Crippen LogP contribution >= 0.6 is 0 Å². The molecule has 0 atom stereocenters. The summed E-state index contributed by atoms with van der Waals surface area (Å²) in [5.74, 6) is 0.0958. The topological polar surface area (TPSA) is 20.3 Å². The van der Waals surface area contributed by atoms with Crippen molar-refractivity contribution in [1.29, 1.82) is 0 Å². The Morgan fingerprint density at radius 3 is 1.79 bits per heavy atom. The van der Waals surface area contributed by atoms with E-state index in [1.54, 1.807) is 0 Å². The highest BCUT2D eigenvalue weighted by Gasteiger charge is 2.51. The summed E-state index contributed by atoms with van der Waals surface area (Å²) in [5, 5.41) is 2.08. The Bertz CT molecular complexity index is 1860. The molecule has 0 N–H and O–H groups in total. The van der Waals surface area contributed by atoms with Crippen molar-refractivity contribution in [3.8, 4) is 0 Å². The van der Waals surface area contributed by atoms with Crippen LogP contribution in [0, 0.1) is 0 Å². The quantitative estimate of drug-likeness (QED) is 0.232. The number of nitrogens with zero attached hydrogens (tertiary/aromatic N) is 1. The molecule has 6 aromatic rings. The van der Waals surface area contributed by atoms with Crippen molar-refractivity contribution < 1.29 is 4.79 Å². The Kier molecular flexibility index (Phi) is 4.33. The highest BCUT2D eigenvalue weighted by Crippen LogP contribution is 2.60. The minimum absolute atomic E-state index is 0.0958. The van der Waals surface area contributed by atoms with Gasteiger partial charge in [-0.1, -0.05) is 115 Å². The van der Waals surface area contributed by atoms with Gasteiger partial charge in [-0.2, -0.15) is 0 Å². The van der Waals surface area contributed by atoms with E-state index in [-0.39, 0.29) is 5.78 Å². The van der Waals surface area contributed by atoms with Crippen LogP contribution in [-0.2, 0) is 5.41 Å². The van der Waals surface area contributed by atoms with Gasteiger partial charge in [0.15, 0.2) is 5.78 Å². The number of rotatable bonds is 1. The predicted molar refractivity (Wildman–Crippen MR) is 154 cm³/mol. The Hall–Kier alpha value is -4.95. The highest BCUT2D eigenvalue weighted by atomic mass is 16.1. The van der Waals surface area contributed by atoms with Crippen LogP contribution in [-0.4, -0.2) is 5.78 Å². The van der Waals surface area contributed by atoms with E-state index in [9.17, 15) is 4.79 Å². The van der Waals surface area contributed by atoms with Crippen molar-refractivity contribution in [3.63, 3.8) is 0 Å². The van der Waals surface area contributed by atoms with E-state index in [0.717, 1.165) is 50.1 Å². The lowest BCUT2D eigenvalue weighted by Gasteiger charge is -2.49. The first-order valence-corrected chi connectivity index (χ1v) is 13.0. The molecule has 178 valence electrons. The fraction of sp³-hybridized carbons (Fsp3) is 0.0278. The molecule has 0 saturated carbocycles. The van der Waals surface area contributed by atoms with Gasteiger partial charge in [0.05, 0.1) is 16.8 Å². The van der Waals surface area contributed by atoms with Crippen molar-refractivity contribution in [3.05, 3.63) is 173 Å². The number of ketones is 1. The molecule has 38 heavy (non-hydrogen) atoms. The summed E-state index contributed by atoms with van der Waals surface area (Å²) in [6.45, 7) is 0. The molecule has 0 aromatic heterocycles. The second-order valence-electron chi connectivity index (χ2n) is 10.0. The highest BCUT2D eigenvalue weighted by molar-refractivity contribution is 6.21. The number of hydrogen-bond donors (Lipinski definition) is 0. The summed E-state index contributed by atoms with van der Waals surface area (Å²) in [7, 11) is 0. The first-order valence-electron chi connectivity index (χ1n) is 13.0. The van der Waals surface area contributed by atoms with Gasteiger partial charge in [0.1, 0.15) is 0 Å². The average molecular weight is 486 g/mol. The molecule has 2 nitrogen and oxygen atoms in total. The van der Waals surface area contributed by atoms with Gasteiger partial charge in [0, 0.05) is 16.8 Å². The van der Waals surface area contributed by atoms with Crippen molar-refractivity contribution in [2.24, 2.45) is 0 Å². The van der Waals surface area contributed by atoms with Gasteiger partial charge in [-0.05, 0) is 57.3 Å². The summed E-state index contributed by atoms with van der Waals surface area (Å²) < 4.78 is 0. The molecule has 0 amide bonds. The summed E-state index contributed by atoms with van der Waals surface area (Å²) in [6, 6.07) is 48.7. The Balaban J connectivity index is 1.59. The normalized spacial score (nSPS) is 14.5. The maximum atomic E-state index is 14.2. The Morgan fingerprint density at radius 2 is 1.05 bits per heavy atom. The van der Waals surface area contributed by atoms with Crippen LogP contribution in [0.3, 0.4) is 0 Å². The van der Waals surface area contributed by atoms with Gasteiger partial charge < -0.3 is 4.90 Å². The third kappa shape index (κ3) is 2.59. The van der Waals surface area contributed by atoms with Crippen LogP contribution in [0.1, 0.15) is 38.2 Å². The lowest BCUT2D eigenvalue weighted by molar-refractivity contribution is 0.103. The Labute approximate surface area is 221 Å². The molecule has 1 aliphatic carbocycles. The van der Waals surface area contributed by atoms with Crippen LogP contribution in [0.4, 0.5) is 17.1 Å². The van der Waals surface area contributed by atoms with Crippen LogP contribution in [0.25, 0.3) is 10.8 Å². The zero-order valence-electron chi connectivity index (χ0n) is 20.6. The number of carbonyl (C=O) groups is 1. The van der Waals surface area contributed by atoms with Gasteiger partial charge in [0.25, 0.3) is 0 Å². The first-order chi connectivity index (χ1) is 18.8. The maximum absolute atomic E-state index is 14.2. The number of carbonyl (C=O) groups excluding carboxylic acids is 1. The largest absolute Gasteiger partial charge is 0.310 e. The fourth-order valence-corrected chi connectivity index (χ4v) is 6.80. The lowest BCUT2D eigenvalue weighted by Crippen LogP contribution is -2.42. The fourth-order valence-electron chi connectivity index (χ4n) is 6.80. The smallest absolute Gasteiger partial charge is 0.194 e. The van der Waals surface area contributed by atoms with E-state index in [1.165, 1.54) is 11.1 Å². The molecule has 0 radical (unpaired) electrons. The minimum Gasteiger partial charge on any atom is -0.310 e. The summed E-state index contributed by atoms with van der Waals surface area (Å²) in [5.41, 5.74) is 8.75. The molecule has 8 rings (SSSR count). The van der Waals surface area contributed by atoms with Gasteiger partial charge in [-0.3, -0.25) is 4.79 Å². The van der Waals surface area contributed by atoms with Crippen LogP contribution < -0.4 is 4.90 Å². The van der Waals surface area contributed by atoms with Crippen LogP contribution in [0.5, 0.6) is 0 Å². The van der Waals surface area contributed by atoms with Gasteiger partial charge >= 0.3 is 0 Å². The standard InChI is InChI=1S/C36H23NO/c38-35-27-16-6-7-17-28(27)36(31-23-22-24-12-4-5-15-26(24)34(31)35)29-18-8-10-20-32(29)37(25-13-2-1-3-14-25)33-21-11-9-19-30(33)36/h1-23H. The number of anilines is 3. The molecule has 0 saturated heterocycles. The molecule has 1 heterocycles. The van der Waals surface area contributed by atoms with Crippen molar-refractivity contribution in [2.75, 3.05) is 4.90 Å². The molecule has 0 bridgehead atoms. The monoisotopic (exact) mass is 485 g/mol. The zero-order valence-corrected chi connectivity index (χ0v) is 20.6. The van der Waals surface area contributed by atoms with E-state index in [4.69, 9.17) is 0 Å². The SMILES string of the molecule is O=C1c2ccccc2C2(c3ccccc3N(c3ccccc3)c3ccccc32)c2ccc3ccccc3c21. The van der Waals surface area contributed by atoms with E-state index < -0.39 is 5.41 Å². The van der Waals surface area contributed by atoms with Crippen molar-refractivity contribution >= 4 is 33.6 Å². The van der Waals surface area contributed by atoms with Crippen LogP contribution in [0.2, 0.25) is 0 Å². The summed E-state index contributed by atoms with van der Waals surface area (Å²) in [6.07, 6.45) is 0. The third-order valence-corrected chi connectivity index (χ3v) is 8.25. The third-order valence-electron chi connectivity index (χ3n) is 8.25. The molecule has 1 spiro atoms. The number of benzene rings is 6. The molecule has 0 unspecified atom stereocenters. The van der Waals surface area contributed by atoms with E-state index in [2.05, 4.69) is 120 Å². The van der Waals surface area contributed by atoms with E-state index in [1.807, 2.05) is 24.3 Å². The second kappa shape index (κ2) is 7.77. The lowest BCUT2D eigenvalue weighted by atomic mass is 9.57. The van der Waals surface area contributed by atoms with E-state index >= 15 is 0 Å². The maximum Gasteiger partial charge on any atom is 0.194 e. The predicted octanol–water partition coefficient (Wildman–Crippen LogP) is 8.55. The molecule has 1 aliphatic heterocycles. The molecule has 2 aliphatic rings. The number of hydrogen-bond acceptors (Lipinski definition) is 2. The zero-order chi connectivity index (χ0) is 25.3. The van der Waals surface area contributed by atoms with Crippen LogP contribution in [0.15, 0.2) is 140 Å². The van der Waals surface area contributed by atoms with Gasteiger partial charge in [-0.15, -0.1) is 0 Å². The summed E-state index contributed by atoms with van der Waals surface area (Å²) >= 11 is 0. The van der Waals surface area contributed by atoms with Gasteiger partial charge in [0.2, 0.25) is 0 Å². The first kappa shape index (κ1) is 21.2.